The van der Waals surface area contributed by atoms with Gasteiger partial charge in [0.2, 0.25) is 0 Å². The highest BCUT2D eigenvalue weighted by Crippen LogP contribution is 2.21. The van der Waals surface area contributed by atoms with Gasteiger partial charge in [-0.05, 0) is 19.4 Å². The topological polar surface area (TPSA) is 68.3 Å². The Bertz CT molecular complexity index is 393. The number of hydrazine groups is 1. The molecule has 3 N–H and O–H groups in total. The number of nitrogens with one attached hydrogen (secondary N) is 1. The summed E-state index contributed by atoms with van der Waals surface area (Å²) in [7, 11) is 0. The first-order valence-electron chi connectivity index (χ1n) is 7.61. The number of nitrogens with two attached hydrogens (primary N) is 1. The van der Waals surface area contributed by atoms with Gasteiger partial charge in [0.15, 0.2) is 0 Å². The Morgan fingerprint density at radius 2 is 2.25 bits per heavy atom. The predicted molar refractivity (Wildman–Crippen MR) is 79.1 cm³/mol. The molecule has 1 aliphatic rings. The number of rotatable bonds is 7. The Labute approximate surface area is 121 Å². The monoisotopic (exact) mass is 281 g/mol. The van der Waals surface area contributed by atoms with E-state index >= 15 is 0 Å². The standard InChI is InChI=1S/C14H27N5O/c1-3-6-18-9-10-20-12(11-18)13(17-15)14-16-5-8-19(14)7-4-2/h5,8,12-13,17H,3-4,6-7,9-11,15H2,1-2H3. The van der Waals surface area contributed by atoms with Crippen molar-refractivity contribution >= 4 is 0 Å². The molecule has 2 unspecified atom stereocenters. The minimum Gasteiger partial charge on any atom is -0.373 e. The van der Waals surface area contributed by atoms with Gasteiger partial charge in [-0.25, -0.2) is 10.4 Å². The Morgan fingerprint density at radius 3 is 2.95 bits per heavy atom. The second kappa shape index (κ2) is 7.73. The van der Waals surface area contributed by atoms with E-state index in [2.05, 4.69) is 33.7 Å². The Balaban J connectivity index is 2.08. The first-order valence-corrected chi connectivity index (χ1v) is 7.61. The van der Waals surface area contributed by atoms with Crippen LogP contribution in [0.25, 0.3) is 0 Å². The fourth-order valence-electron chi connectivity index (χ4n) is 2.83. The van der Waals surface area contributed by atoms with Gasteiger partial charge in [-0.15, -0.1) is 0 Å². The van der Waals surface area contributed by atoms with Crippen LogP contribution < -0.4 is 11.3 Å². The fraction of sp³-hybridized carbons (Fsp3) is 0.786. The maximum Gasteiger partial charge on any atom is 0.129 e. The lowest BCUT2D eigenvalue weighted by Gasteiger charge is -2.36. The summed E-state index contributed by atoms with van der Waals surface area (Å²) in [5.74, 6) is 6.75. The quantitative estimate of drug-likeness (QED) is 0.574. The first kappa shape index (κ1) is 15.4. The molecule has 0 aliphatic carbocycles. The van der Waals surface area contributed by atoms with Crippen LogP contribution in [0.5, 0.6) is 0 Å². The summed E-state index contributed by atoms with van der Waals surface area (Å²) in [6.45, 7) is 9.11. The molecule has 2 rings (SSSR count). The van der Waals surface area contributed by atoms with E-state index < -0.39 is 0 Å². The van der Waals surface area contributed by atoms with Crippen LogP contribution >= 0.6 is 0 Å². The molecule has 114 valence electrons. The van der Waals surface area contributed by atoms with E-state index in [0.717, 1.165) is 51.5 Å². The van der Waals surface area contributed by atoms with Gasteiger partial charge >= 0.3 is 0 Å². The van der Waals surface area contributed by atoms with Gasteiger partial charge in [0.1, 0.15) is 11.9 Å². The number of hydrogen-bond acceptors (Lipinski definition) is 5. The van der Waals surface area contributed by atoms with E-state index in [4.69, 9.17) is 10.6 Å². The Morgan fingerprint density at radius 1 is 1.45 bits per heavy atom. The van der Waals surface area contributed by atoms with Crippen molar-refractivity contribution in [1.29, 1.82) is 0 Å². The lowest BCUT2D eigenvalue weighted by atomic mass is 10.1. The number of hydrogen-bond donors (Lipinski definition) is 2. The van der Waals surface area contributed by atoms with Crippen LogP contribution in [0, 0.1) is 0 Å². The molecular formula is C14H27N5O. The molecule has 1 saturated heterocycles. The average Bonchev–Trinajstić information content (AvgIpc) is 2.89. The fourth-order valence-corrected chi connectivity index (χ4v) is 2.83. The molecule has 0 saturated carbocycles. The second-order valence-corrected chi connectivity index (χ2v) is 5.33. The van der Waals surface area contributed by atoms with Crippen LogP contribution in [0.1, 0.15) is 38.6 Å². The SMILES string of the molecule is CCCN1CCOC(C(NN)c2nccn2CCC)C1. The maximum atomic E-state index is 5.93. The molecule has 0 aromatic carbocycles. The van der Waals surface area contributed by atoms with Crippen molar-refractivity contribution in [3.05, 3.63) is 18.2 Å². The molecule has 1 aliphatic heterocycles. The first-order chi connectivity index (χ1) is 9.80. The van der Waals surface area contributed by atoms with Crippen molar-refractivity contribution in [3.8, 4) is 0 Å². The highest BCUT2D eigenvalue weighted by molar-refractivity contribution is 5.03. The Hall–Kier alpha value is -0.950. The average molecular weight is 281 g/mol. The molecule has 6 heteroatoms. The van der Waals surface area contributed by atoms with Crippen LogP contribution in [-0.4, -0.2) is 46.8 Å². The molecule has 0 amide bonds. The van der Waals surface area contributed by atoms with Gasteiger partial charge in [-0.1, -0.05) is 13.8 Å². The third kappa shape index (κ3) is 3.58. The molecule has 1 fully saturated rings. The summed E-state index contributed by atoms with van der Waals surface area (Å²) in [5, 5.41) is 0. The smallest absolute Gasteiger partial charge is 0.129 e. The van der Waals surface area contributed by atoms with Crippen molar-refractivity contribution in [2.75, 3.05) is 26.2 Å². The molecule has 0 radical (unpaired) electrons. The van der Waals surface area contributed by atoms with E-state index in [9.17, 15) is 0 Å². The summed E-state index contributed by atoms with van der Waals surface area (Å²) in [6.07, 6.45) is 6.14. The van der Waals surface area contributed by atoms with Gasteiger partial charge in [0.25, 0.3) is 0 Å². The zero-order chi connectivity index (χ0) is 14.4. The molecular weight excluding hydrogens is 254 g/mol. The van der Waals surface area contributed by atoms with Gasteiger partial charge in [-0.3, -0.25) is 10.7 Å². The zero-order valence-corrected chi connectivity index (χ0v) is 12.6. The minimum atomic E-state index is -0.0591. The van der Waals surface area contributed by atoms with E-state index in [0.29, 0.717) is 0 Å². The number of morpholine rings is 1. The highest BCUT2D eigenvalue weighted by Gasteiger charge is 2.30. The number of aryl methyl sites for hydroxylation is 1. The second-order valence-electron chi connectivity index (χ2n) is 5.33. The number of aromatic nitrogens is 2. The largest absolute Gasteiger partial charge is 0.373 e. The van der Waals surface area contributed by atoms with Gasteiger partial charge in [0.05, 0.1) is 12.7 Å². The Kier molecular flexibility index (Phi) is 5.97. The van der Waals surface area contributed by atoms with Crippen molar-refractivity contribution in [2.45, 2.75) is 45.4 Å². The van der Waals surface area contributed by atoms with Crippen LogP contribution in [0.4, 0.5) is 0 Å². The van der Waals surface area contributed by atoms with Gasteiger partial charge in [0, 0.05) is 32.0 Å². The van der Waals surface area contributed by atoms with Crippen molar-refractivity contribution in [1.82, 2.24) is 19.9 Å². The van der Waals surface area contributed by atoms with Crippen LogP contribution in [0.3, 0.4) is 0 Å². The van der Waals surface area contributed by atoms with Crippen molar-refractivity contribution in [2.24, 2.45) is 5.84 Å². The van der Waals surface area contributed by atoms with E-state index in [-0.39, 0.29) is 12.1 Å². The molecule has 0 bridgehead atoms. The van der Waals surface area contributed by atoms with E-state index in [1.54, 1.807) is 0 Å². The van der Waals surface area contributed by atoms with Crippen LogP contribution in [0.15, 0.2) is 12.4 Å². The maximum absolute atomic E-state index is 5.93. The van der Waals surface area contributed by atoms with E-state index in [1.807, 2.05) is 12.4 Å². The zero-order valence-electron chi connectivity index (χ0n) is 12.6. The van der Waals surface area contributed by atoms with Crippen LogP contribution in [0.2, 0.25) is 0 Å². The predicted octanol–water partition coefficient (Wildman–Crippen LogP) is 0.908. The third-order valence-electron chi connectivity index (χ3n) is 3.76. The normalized spacial score (nSPS) is 22.1. The summed E-state index contributed by atoms with van der Waals surface area (Å²) in [5.41, 5.74) is 2.90. The molecule has 2 atom stereocenters. The number of imidazole rings is 1. The minimum absolute atomic E-state index is 0.0540. The summed E-state index contributed by atoms with van der Waals surface area (Å²) < 4.78 is 8.09. The van der Waals surface area contributed by atoms with Crippen molar-refractivity contribution in [3.63, 3.8) is 0 Å². The summed E-state index contributed by atoms with van der Waals surface area (Å²) >= 11 is 0. The molecule has 20 heavy (non-hydrogen) atoms. The lowest BCUT2D eigenvalue weighted by molar-refractivity contribution is -0.0490. The summed E-state index contributed by atoms with van der Waals surface area (Å²) in [4.78, 5) is 6.91. The van der Waals surface area contributed by atoms with Gasteiger partial charge in [-0.2, -0.15) is 0 Å². The third-order valence-corrected chi connectivity index (χ3v) is 3.76. The van der Waals surface area contributed by atoms with Crippen molar-refractivity contribution < 1.29 is 4.74 Å². The summed E-state index contributed by atoms with van der Waals surface area (Å²) in [6, 6.07) is -0.0591. The highest BCUT2D eigenvalue weighted by atomic mass is 16.5. The number of nitrogens with zero attached hydrogens (tertiary/aromatic N) is 3. The van der Waals surface area contributed by atoms with Gasteiger partial charge < -0.3 is 9.30 Å². The van der Waals surface area contributed by atoms with Crippen LogP contribution in [-0.2, 0) is 11.3 Å². The molecule has 2 heterocycles. The molecule has 1 aromatic rings. The molecule has 0 spiro atoms. The molecule has 1 aromatic heterocycles. The molecule has 6 nitrogen and oxygen atoms in total. The lowest BCUT2D eigenvalue weighted by Crippen LogP contribution is -2.50. The van der Waals surface area contributed by atoms with E-state index in [1.165, 1.54) is 0 Å². The number of ether oxygens (including phenoxy) is 1.